The van der Waals surface area contributed by atoms with Crippen molar-refractivity contribution < 1.29 is 18.9 Å². The largest absolute Gasteiger partial charge is 0.497 e. The lowest BCUT2D eigenvalue weighted by atomic mass is 10.3. The molecule has 0 heterocycles. The van der Waals surface area contributed by atoms with E-state index in [4.69, 9.17) is 18.9 Å². The molecule has 0 amide bonds. The Balaban J connectivity index is 0.00000676. The van der Waals surface area contributed by atoms with Gasteiger partial charge in [0.2, 0.25) is 0 Å². The van der Waals surface area contributed by atoms with Crippen LogP contribution in [0.2, 0.25) is 0 Å². The van der Waals surface area contributed by atoms with Crippen LogP contribution < -0.4 is 20.1 Å². The second kappa shape index (κ2) is 16.9. The Morgan fingerprint density at radius 1 is 1.11 bits per heavy atom. The summed E-state index contributed by atoms with van der Waals surface area (Å²) in [6, 6.07) is 7.58. The summed E-state index contributed by atoms with van der Waals surface area (Å²) in [5, 5.41) is 6.53. The second-order valence-electron chi connectivity index (χ2n) is 5.71. The Hall–Kier alpha value is -1.26. The number of hydrogen-bond donors (Lipinski definition) is 2. The van der Waals surface area contributed by atoms with Gasteiger partial charge in [-0.3, -0.25) is 0 Å². The van der Waals surface area contributed by atoms with Gasteiger partial charge in [0.05, 0.1) is 26.9 Å². The van der Waals surface area contributed by atoms with Crippen LogP contribution in [0, 0.1) is 0 Å². The van der Waals surface area contributed by atoms with E-state index in [1.165, 1.54) is 0 Å². The van der Waals surface area contributed by atoms with Gasteiger partial charge >= 0.3 is 0 Å². The molecule has 1 atom stereocenters. The fourth-order valence-corrected chi connectivity index (χ4v) is 2.13. The normalized spacial score (nSPS) is 12.1. The van der Waals surface area contributed by atoms with Gasteiger partial charge in [0.25, 0.3) is 0 Å². The monoisotopic (exact) mass is 495 g/mol. The Labute approximate surface area is 180 Å². The van der Waals surface area contributed by atoms with Gasteiger partial charge in [-0.05, 0) is 32.4 Å². The minimum atomic E-state index is -0.0464. The molecule has 0 aliphatic rings. The maximum atomic E-state index is 5.89. The molecule has 0 bridgehead atoms. The van der Waals surface area contributed by atoms with Crippen LogP contribution in [-0.4, -0.2) is 65.7 Å². The van der Waals surface area contributed by atoms with Gasteiger partial charge in [0, 0.05) is 32.9 Å². The minimum Gasteiger partial charge on any atom is -0.497 e. The zero-order valence-corrected chi connectivity index (χ0v) is 19.2. The molecule has 2 N–H and O–H groups in total. The van der Waals surface area contributed by atoms with E-state index in [0.717, 1.165) is 37.0 Å². The zero-order valence-electron chi connectivity index (χ0n) is 16.8. The van der Waals surface area contributed by atoms with Gasteiger partial charge < -0.3 is 29.6 Å². The van der Waals surface area contributed by atoms with Crippen molar-refractivity contribution in [1.29, 1.82) is 0 Å². The maximum absolute atomic E-state index is 5.89. The van der Waals surface area contributed by atoms with E-state index in [2.05, 4.69) is 15.6 Å². The summed E-state index contributed by atoms with van der Waals surface area (Å²) in [6.07, 6.45) is 0.860. The van der Waals surface area contributed by atoms with Crippen LogP contribution in [0.25, 0.3) is 0 Å². The number of benzene rings is 1. The third-order valence-electron chi connectivity index (χ3n) is 3.42. The van der Waals surface area contributed by atoms with Crippen molar-refractivity contribution in [3.8, 4) is 11.5 Å². The van der Waals surface area contributed by atoms with Crippen LogP contribution in [0.1, 0.15) is 20.3 Å². The molecule has 1 unspecified atom stereocenters. The van der Waals surface area contributed by atoms with Crippen molar-refractivity contribution in [2.24, 2.45) is 4.99 Å². The van der Waals surface area contributed by atoms with Crippen LogP contribution in [0.3, 0.4) is 0 Å². The maximum Gasteiger partial charge on any atom is 0.191 e. The highest BCUT2D eigenvalue weighted by Crippen LogP contribution is 2.19. The molecule has 1 rings (SSSR count). The Bertz CT molecular complexity index is 517. The van der Waals surface area contributed by atoms with Crippen molar-refractivity contribution in [2.75, 3.05) is 53.7 Å². The van der Waals surface area contributed by atoms with Crippen LogP contribution in [0.5, 0.6) is 11.5 Å². The van der Waals surface area contributed by atoms with E-state index in [1.54, 1.807) is 14.2 Å². The predicted molar refractivity (Wildman–Crippen MR) is 120 cm³/mol. The lowest BCUT2D eigenvalue weighted by Crippen LogP contribution is -2.38. The number of ether oxygens (including phenoxy) is 4. The van der Waals surface area contributed by atoms with E-state index in [9.17, 15) is 0 Å². The first-order chi connectivity index (χ1) is 12.7. The van der Waals surface area contributed by atoms with E-state index in [0.29, 0.717) is 26.4 Å². The average molecular weight is 495 g/mol. The summed E-state index contributed by atoms with van der Waals surface area (Å²) in [7, 11) is 3.31. The quantitative estimate of drug-likeness (QED) is 0.190. The molecule has 0 aromatic heterocycles. The minimum absolute atomic E-state index is 0. The summed E-state index contributed by atoms with van der Waals surface area (Å²) in [4.78, 5) is 4.58. The lowest BCUT2D eigenvalue weighted by molar-refractivity contribution is 0.0698. The molecule has 0 fully saturated rings. The van der Waals surface area contributed by atoms with Gasteiger partial charge in [-0.25, -0.2) is 4.99 Å². The summed E-state index contributed by atoms with van der Waals surface area (Å²) < 4.78 is 21.5. The number of aliphatic imine (C=N–C) groups is 1. The third-order valence-corrected chi connectivity index (χ3v) is 3.42. The van der Waals surface area contributed by atoms with Crippen LogP contribution in [-0.2, 0) is 9.47 Å². The molecule has 156 valence electrons. The molecule has 8 heteroatoms. The number of methoxy groups -OCH3 is 2. The van der Waals surface area contributed by atoms with Crippen LogP contribution in [0.4, 0.5) is 0 Å². The first kappa shape index (κ1) is 25.7. The SMILES string of the molecule is CCNC(=NCC(C)Oc1cccc(OC)c1)NCCCOCCOC.I. The number of nitrogens with zero attached hydrogens (tertiary/aromatic N) is 1. The van der Waals surface area contributed by atoms with E-state index in [1.807, 2.05) is 38.1 Å². The zero-order chi connectivity index (χ0) is 19.0. The van der Waals surface area contributed by atoms with E-state index < -0.39 is 0 Å². The highest BCUT2D eigenvalue weighted by molar-refractivity contribution is 14.0. The second-order valence-corrected chi connectivity index (χ2v) is 5.71. The van der Waals surface area contributed by atoms with Crippen LogP contribution in [0.15, 0.2) is 29.3 Å². The molecule has 0 aliphatic heterocycles. The van der Waals surface area contributed by atoms with Gasteiger partial charge in [0.1, 0.15) is 17.6 Å². The fourth-order valence-electron chi connectivity index (χ4n) is 2.13. The van der Waals surface area contributed by atoms with Crippen molar-refractivity contribution in [2.45, 2.75) is 26.4 Å². The highest BCUT2D eigenvalue weighted by atomic mass is 127. The molecule has 0 saturated heterocycles. The summed E-state index contributed by atoms with van der Waals surface area (Å²) in [6.45, 7) is 8.15. The first-order valence-corrected chi connectivity index (χ1v) is 9.09. The number of rotatable bonds is 13. The van der Waals surface area contributed by atoms with Crippen molar-refractivity contribution in [3.05, 3.63) is 24.3 Å². The van der Waals surface area contributed by atoms with Gasteiger partial charge in [-0.15, -0.1) is 24.0 Å². The van der Waals surface area contributed by atoms with Crippen molar-refractivity contribution >= 4 is 29.9 Å². The molecule has 27 heavy (non-hydrogen) atoms. The molecule has 0 radical (unpaired) electrons. The number of halogens is 1. The van der Waals surface area contributed by atoms with Crippen molar-refractivity contribution in [3.63, 3.8) is 0 Å². The first-order valence-electron chi connectivity index (χ1n) is 9.09. The van der Waals surface area contributed by atoms with Gasteiger partial charge in [0.15, 0.2) is 5.96 Å². The van der Waals surface area contributed by atoms with Gasteiger partial charge in [-0.2, -0.15) is 0 Å². The molecule has 0 saturated carbocycles. The Morgan fingerprint density at radius 3 is 2.59 bits per heavy atom. The van der Waals surface area contributed by atoms with E-state index in [-0.39, 0.29) is 30.1 Å². The smallest absolute Gasteiger partial charge is 0.191 e. The molecule has 0 aliphatic carbocycles. The van der Waals surface area contributed by atoms with E-state index >= 15 is 0 Å². The summed E-state index contributed by atoms with van der Waals surface area (Å²) in [5.41, 5.74) is 0. The molecule has 1 aromatic rings. The van der Waals surface area contributed by atoms with Gasteiger partial charge in [-0.1, -0.05) is 6.07 Å². The van der Waals surface area contributed by atoms with Crippen LogP contribution >= 0.6 is 24.0 Å². The average Bonchev–Trinajstić information content (AvgIpc) is 2.65. The Morgan fingerprint density at radius 2 is 1.89 bits per heavy atom. The highest BCUT2D eigenvalue weighted by Gasteiger charge is 2.05. The topological polar surface area (TPSA) is 73.3 Å². The fraction of sp³-hybridized carbons (Fsp3) is 0.632. The predicted octanol–water partition coefficient (Wildman–Crippen LogP) is 2.69. The standard InChI is InChI=1S/C19H33N3O4.HI/c1-5-20-19(21-10-7-11-25-13-12-23-3)22-15-16(2)26-18-9-6-8-17(14-18)24-4;/h6,8-9,14,16H,5,7,10-13,15H2,1-4H3,(H2,20,21,22);1H. The lowest BCUT2D eigenvalue weighted by Gasteiger charge is -2.15. The number of guanidine groups is 1. The molecule has 0 spiro atoms. The summed E-state index contributed by atoms with van der Waals surface area (Å²) in [5.74, 6) is 2.34. The van der Waals surface area contributed by atoms with Crippen molar-refractivity contribution in [1.82, 2.24) is 10.6 Å². The third kappa shape index (κ3) is 12.7. The molecular formula is C19H34IN3O4. The molecule has 7 nitrogen and oxygen atoms in total. The number of nitrogens with one attached hydrogen (secondary N) is 2. The summed E-state index contributed by atoms with van der Waals surface area (Å²) >= 11 is 0. The molecule has 1 aromatic carbocycles. The Kier molecular flexibility index (Phi) is 16.1. The molecular weight excluding hydrogens is 461 g/mol. The number of hydrogen-bond acceptors (Lipinski definition) is 5.